The topological polar surface area (TPSA) is 99.9 Å². The first kappa shape index (κ1) is 15.9. The molecule has 1 aromatic rings. The number of nitrogens with one attached hydrogen (secondary N) is 1. The van der Waals surface area contributed by atoms with Gasteiger partial charge in [0, 0.05) is 11.2 Å². The molecule has 7 nitrogen and oxygen atoms in total. The Labute approximate surface area is 137 Å². The number of hydrogen-bond acceptors (Lipinski definition) is 5. The Balaban J connectivity index is 1.74. The second-order valence-electron chi connectivity index (χ2n) is 6.26. The van der Waals surface area contributed by atoms with Crippen LogP contribution in [0.1, 0.15) is 26.0 Å². The molecule has 0 bridgehead atoms. The van der Waals surface area contributed by atoms with E-state index in [-0.39, 0.29) is 24.8 Å². The number of furan rings is 1. The average molecular weight is 338 g/mol. The number of carboxylic acid groups (broad SMARTS) is 1. The second-order valence-corrected chi connectivity index (χ2v) is 8.03. The number of rotatable bonds is 4. The molecule has 2 aliphatic heterocycles. The van der Waals surface area contributed by atoms with Crippen LogP contribution < -0.4 is 5.32 Å². The lowest BCUT2D eigenvalue weighted by Crippen LogP contribution is -2.48. The summed E-state index contributed by atoms with van der Waals surface area (Å²) in [4.78, 5) is 37.6. The van der Waals surface area contributed by atoms with Gasteiger partial charge in [-0.15, -0.1) is 11.8 Å². The average Bonchev–Trinajstić information content (AvgIpc) is 3.12. The Morgan fingerprint density at radius 3 is 2.87 bits per heavy atom. The molecule has 124 valence electrons. The molecule has 2 fully saturated rings. The van der Waals surface area contributed by atoms with Crippen LogP contribution in [0.25, 0.3) is 0 Å². The summed E-state index contributed by atoms with van der Waals surface area (Å²) >= 11 is 1.38. The van der Waals surface area contributed by atoms with E-state index in [1.54, 1.807) is 26.0 Å². The molecule has 3 heterocycles. The van der Waals surface area contributed by atoms with Crippen LogP contribution in [0.3, 0.4) is 0 Å². The van der Waals surface area contributed by atoms with Gasteiger partial charge < -0.3 is 19.7 Å². The Kier molecular flexibility index (Phi) is 3.87. The Bertz CT molecular complexity index is 642. The molecule has 1 unspecified atom stereocenters. The normalized spacial score (nSPS) is 28.7. The van der Waals surface area contributed by atoms with Crippen molar-refractivity contribution in [3.63, 3.8) is 0 Å². The molecule has 0 aliphatic carbocycles. The summed E-state index contributed by atoms with van der Waals surface area (Å²) in [6, 6.07) is 2.57. The van der Waals surface area contributed by atoms with Crippen molar-refractivity contribution >= 4 is 29.5 Å². The maximum atomic E-state index is 12.4. The molecule has 0 radical (unpaired) electrons. The Morgan fingerprint density at radius 2 is 2.26 bits per heavy atom. The zero-order valence-corrected chi connectivity index (χ0v) is 13.6. The zero-order chi connectivity index (χ0) is 16.8. The van der Waals surface area contributed by atoms with Gasteiger partial charge in [-0.1, -0.05) is 0 Å². The number of fused-ring (bicyclic) bond motifs is 1. The first-order valence-electron chi connectivity index (χ1n) is 7.33. The van der Waals surface area contributed by atoms with Crippen LogP contribution in [0, 0.1) is 5.92 Å². The Morgan fingerprint density at radius 1 is 1.52 bits per heavy atom. The van der Waals surface area contributed by atoms with Gasteiger partial charge in [-0.3, -0.25) is 9.59 Å². The van der Waals surface area contributed by atoms with Gasteiger partial charge in [0.25, 0.3) is 0 Å². The molecule has 3 rings (SSSR count). The summed E-state index contributed by atoms with van der Waals surface area (Å²) in [7, 11) is 0. The number of nitrogens with zero attached hydrogens (tertiary/aromatic N) is 1. The molecule has 3 atom stereocenters. The van der Waals surface area contributed by atoms with Crippen LogP contribution in [0.15, 0.2) is 22.8 Å². The van der Waals surface area contributed by atoms with E-state index < -0.39 is 28.0 Å². The van der Waals surface area contributed by atoms with E-state index >= 15 is 0 Å². The highest BCUT2D eigenvalue weighted by atomic mass is 32.2. The van der Waals surface area contributed by atoms with E-state index in [4.69, 9.17) is 4.42 Å². The van der Waals surface area contributed by atoms with Crippen molar-refractivity contribution in [2.75, 3.05) is 0 Å². The van der Waals surface area contributed by atoms with Crippen LogP contribution >= 0.6 is 11.8 Å². The first-order chi connectivity index (χ1) is 10.8. The lowest BCUT2D eigenvalue weighted by molar-refractivity contribution is -0.149. The molecule has 1 aromatic heterocycles. The van der Waals surface area contributed by atoms with Crippen LogP contribution in [0.4, 0.5) is 0 Å². The smallest absolute Gasteiger partial charge is 0.327 e. The summed E-state index contributed by atoms with van der Waals surface area (Å²) < 4.78 is 4.53. The van der Waals surface area contributed by atoms with E-state index in [1.807, 2.05) is 0 Å². The third-order valence-electron chi connectivity index (χ3n) is 4.25. The number of thioether (sulfide) groups is 1. The predicted octanol–water partition coefficient (Wildman–Crippen LogP) is 1.05. The zero-order valence-electron chi connectivity index (χ0n) is 12.8. The summed E-state index contributed by atoms with van der Waals surface area (Å²) in [6.07, 6.45) is 1.57. The van der Waals surface area contributed by atoms with Crippen molar-refractivity contribution in [1.82, 2.24) is 10.2 Å². The quantitative estimate of drug-likeness (QED) is 0.851. The fourth-order valence-corrected chi connectivity index (χ4v) is 4.93. The van der Waals surface area contributed by atoms with Gasteiger partial charge >= 0.3 is 5.97 Å². The van der Waals surface area contributed by atoms with Gasteiger partial charge in [0.2, 0.25) is 11.8 Å². The fourth-order valence-electron chi connectivity index (χ4n) is 3.23. The monoisotopic (exact) mass is 338 g/mol. The standard InChI is InChI=1S/C15H18N2O5S/c1-15(2)11(14(20)21)17-10(18)6-9(13(17)23-15)12(19)16-7-8-4-3-5-22-8/h3-5,9,11,13H,6-7H2,1-2H3,(H,16,19)(H,20,21)/t9-,11?,13-/m1/s1. The van der Waals surface area contributed by atoms with Crippen molar-refractivity contribution in [2.45, 2.75) is 43.0 Å². The van der Waals surface area contributed by atoms with E-state index in [0.29, 0.717) is 5.76 Å². The second kappa shape index (κ2) is 5.59. The van der Waals surface area contributed by atoms with E-state index in [2.05, 4.69) is 5.32 Å². The van der Waals surface area contributed by atoms with Gasteiger partial charge in [-0.05, 0) is 26.0 Å². The van der Waals surface area contributed by atoms with E-state index in [0.717, 1.165) is 0 Å². The van der Waals surface area contributed by atoms with Crippen LogP contribution in [0.5, 0.6) is 0 Å². The van der Waals surface area contributed by atoms with Gasteiger partial charge in [0.15, 0.2) is 0 Å². The van der Waals surface area contributed by atoms with Crippen molar-refractivity contribution in [1.29, 1.82) is 0 Å². The number of amides is 2. The minimum Gasteiger partial charge on any atom is -0.480 e. The van der Waals surface area contributed by atoms with Crippen molar-refractivity contribution in [2.24, 2.45) is 5.92 Å². The molecule has 2 aliphatic rings. The lowest BCUT2D eigenvalue weighted by atomic mass is 10.0. The molecule has 2 saturated heterocycles. The van der Waals surface area contributed by atoms with E-state index in [9.17, 15) is 19.5 Å². The van der Waals surface area contributed by atoms with Crippen molar-refractivity contribution in [3.05, 3.63) is 24.2 Å². The minimum atomic E-state index is -1.03. The largest absolute Gasteiger partial charge is 0.480 e. The SMILES string of the molecule is CC1(C)S[C@@H]2[C@@H](C(=O)NCc3ccco3)CC(=O)N2C1C(=O)O. The molecule has 0 saturated carbocycles. The maximum absolute atomic E-state index is 12.4. The summed E-state index contributed by atoms with van der Waals surface area (Å²) in [5, 5.41) is 11.8. The third-order valence-corrected chi connectivity index (χ3v) is 5.88. The number of carbonyl (C=O) groups excluding carboxylic acids is 2. The molecule has 2 N–H and O–H groups in total. The molecule has 0 spiro atoms. The highest BCUT2D eigenvalue weighted by molar-refractivity contribution is 8.01. The highest BCUT2D eigenvalue weighted by Gasteiger charge is 2.60. The van der Waals surface area contributed by atoms with Gasteiger partial charge in [-0.2, -0.15) is 0 Å². The number of carbonyl (C=O) groups is 3. The van der Waals surface area contributed by atoms with Crippen molar-refractivity contribution in [3.8, 4) is 0 Å². The maximum Gasteiger partial charge on any atom is 0.327 e. The van der Waals surface area contributed by atoms with Crippen LogP contribution in [-0.2, 0) is 20.9 Å². The summed E-state index contributed by atoms with van der Waals surface area (Å²) in [6.45, 7) is 3.83. The lowest BCUT2D eigenvalue weighted by Gasteiger charge is -2.26. The number of carboxylic acids is 1. The van der Waals surface area contributed by atoms with E-state index in [1.165, 1.54) is 22.9 Å². The third kappa shape index (κ3) is 2.71. The molecule has 0 aromatic carbocycles. The first-order valence-corrected chi connectivity index (χ1v) is 8.21. The molecular formula is C15H18N2O5S. The predicted molar refractivity (Wildman–Crippen MR) is 82.4 cm³/mol. The molecule has 8 heteroatoms. The molecule has 2 amide bonds. The van der Waals surface area contributed by atoms with Gasteiger partial charge in [-0.25, -0.2) is 4.79 Å². The highest BCUT2D eigenvalue weighted by Crippen LogP contribution is 2.51. The Hall–Kier alpha value is -1.96. The van der Waals surface area contributed by atoms with Crippen LogP contribution in [0.2, 0.25) is 0 Å². The molecular weight excluding hydrogens is 320 g/mol. The summed E-state index contributed by atoms with van der Waals surface area (Å²) in [5.41, 5.74) is 0. The van der Waals surface area contributed by atoms with Gasteiger partial charge in [0.1, 0.15) is 11.8 Å². The number of aliphatic carboxylic acids is 1. The summed E-state index contributed by atoms with van der Waals surface area (Å²) in [5.74, 6) is -1.49. The molecule has 23 heavy (non-hydrogen) atoms. The van der Waals surface area contributed by atoms with Crippen molar-refractivity contribution < 1.29 is 23.9 Å². The number of hydrogen-bond donors (Lipinski definition) is 2. The fraction of sp³-hybridized carbons (Fsp3) is 0.533. The minimum absolute atomic E-state index is 0.0432. The van der Waals surface area contributed by atoms with Gasteiger partial charge in [0.05, 0.1) is 24.1 Å². The van der Waals surface area contributed by atoms with Crippen LogP contribution in [-0.4, -0.2) is 44.0 Å².